The lowest BCUT2D eigenvalue weighted by atomic mass is 10.0. The van der Waals surface area contributed by atoms with Crippen LogP contribution in [0.4, 0.5) is 0 Å². The molecule has 0 bridgehead atoms. The van der Waals surface area contributed by atoms with Crippen LogP contribution in [0.15, 0.2) is 18.2 Å². The maximum Gasteiger partial charge on any atom is 0.234 e. The number of nitrogens with two attached hydrogens (primary N) is 1. The van der Waals surface area contributed by atoms with Crippen LogP contribution in [0.3, 0.4) is 0 Å². The van der Waals surface area contributed by atoms with E-state index in [1.54, 1.807) is 7.11 Å². The number of primary amides is 1. The van der Waals surface area contributed by atoms with E-state index >= 15 is 0 Å². The SMILES string of the molecule is COc1ccc(CN2CCCC[C@H]2C(N)=O)c(OC(C)C)c1. The predicted octanol–water partition coefficient (Wildman–Crippen LogP) is 2.32. The molecule has 5 heteroatoms. The number of rotatable bonds is 6. The van der Waals surface area contributed by atoms with Crippen LogP contribution >= 0.6 is 0 Å². The lowest BCUT2D eigenvalue weighted by molar-refractivity contribution is -0.124. The van der Waals surface area contributed by atoms with Crippen molar-refractivity contribution in [3.63, 3.8) is 0 Å². The zero-order valence-electron chi connectivity index (χ0n) is 13.7. The molecular formula is C17H26N2O3. The first-order chi connectivity index (χ1) is 10.5. The lowest BCUT2D eigenvalue weighted by Crippen LogP contribution is -2.47. The standard InChI is InChI=1S/C17H26N2O3/c1-12(2)22-16-10-14(21-3)8-7-13(16)11-19-9-5-4-6-15(19)17(18)20/h7-8,10,12,15H,4-6,9,11H2,1-3H3,(H2,18,20)/t15-/m0/s1. The normalized spacial score (nSPS) is 19.2. The van der Waals surface area contributed by atoms with Crippen molar-refractivity contribution in [2.75, 3.05) is 13.7 Å². The highest BCUT2D eigenvalue weighted by Gasteiger charge is 2.27. The minimum Gasteiger partial charge on any atom is -0.497 e. The largest absolute Gasteiger partial charge is 0.497 e. The third kappa shape index (κ3) is 4.13. The molecule has 0 radical (unpaired) electrons. The fourth-order valence-electron chi connectivity index (χ4n) is 2.88. The fourth-order valence-corrected chi connectivity index (χ4v) is 2.88. The molecule has 0 aromatic heterocycles. The monoisotopic (exact) mass is 306 g/mol. The second-order valence-electron chi connectivity index (χ2n) is 6.02. The molecule has 1 atom stereocenters. The number of methoxy groups -OCH3 is 1. The van der Waals surface area contributed by atoms with E-state index in [0.29, 0.717) is 6.54 Å². The summed E-state index contributed by atoms with van der Waals surface area (Å²) in [6, 6.07) is 5.65. The molecule has 2 N–H and O–H groups in total. The Bertz CT molecular complexity index is 517. The molecule has 0 unspecified atom stereocenters. The van der Waals surface area contributed by atoms with Gasteiger partial charge in [-0.15, -0.1) is 0 Å². The van der Waals surface area contributed by atoms with Crippen molar-refractivity contribution < 1.29 is 14.3 Å². The number of carbonyl (C=O) groups is 1. The molecule has 2 rings (SSSR count). The number of hydrogen-bond donors (Lipinski definition) is 1. The summed E-state index contributed by atoms with van der Waals surface area (Å²) < 4.78 is 11.2. The van der Waals surface area contributed by atoms with Gasteiger partial charge in [0.25, 0.3) is 0 Å². The Morgan fingerprint density at radius 1 is 1.41 bits per heavy atom. The Morgan fingerprint density at radius 3 is 2.82 bits per heavy atom. The Hall–Kier alpha value is -1.75. The molecule has 0 spiro atoms. The van der Waals surface area contributed by atoms with E-state index in [-0.39, 0.29) is 18.1 Å². The van der Waals surface area contributed by atoms with Crippen LogP contribution < -0.4 is 15.2 Å². The number of carbonyl (C=O) groups excluding carboxylic acids is 1. The number of amides is 1. The summed E-state index contributed by atoms with van der Waals surface area (Å²) in [7, 11) is 1.64. The molecule has 1 saturated heterocycles. The average Bonchev–Trinajstić information content (AvgIpc) is 2.48. The van der Waals surface area contributed by atoms with E-state index in [2.05, 4.69) is 4.90 Å². The molecule has 5 nitrogen and oxygen atoms in total. The van der Waals surface area contributed by atoms with Gasteiger partial charge in [0.15, 0.2) is 0 Å². The van der Waals surface area contributed by atoms with Gasteiger partial charge in [-0.2, -0.15) is 0 Å². The fraction of sp³-hybridized carbons (Fsp3) is 0.588. The zero-order valence-corrected chi connectivity index (χ0v) is 13.7. The summed E-state index contributed by atoms with van der Waals surface area (Å²) in [5.74, 6) is 1.34. The molecule has 1 fully saturated rings. The van der Waals surface area contributed by atoms with Crippen molar-refractivity contribution in [1.82, 2.24) is 4.90 Å². The second kappa shape index (κ2) is 7.49. The van der Waals surface area contributed by atoms with Crippen LogP contribution in [0.1, 0.15) is 38.7 Å². The van der Waals surface area contributed by atoms with Gasteiger partial charge in [-0.25, -0.2) is 0 Å². The number of hydrogen-bond acceptors (Lipinski definition) is 4. The molecule has 1 aromatic carbocycles. The Morgan fingerprint density at radius 2 is 2.18 bits per heavy atom. The molecule has 1 aromatic rings. The Balaban J connectivity index is 2.21. The predicted molar refractivity (Wildman–Crippen MR) is 86.0 cm³/mol. The minimum atomic E-state index is -0.237. The maximum absolute atomic E-state index is 11.6. The number of nitrogens with zero attached hydrogens (tertiary/aromatic N) is 1. The van der Waals surface area contributed by atoms with E-state index in [1.807, 2.05) is 32.0 Å². The average molecular weight is 306 g/mol. The van der Waals surface area contributed by atoms with Gasteiger partial charge in [0.05, 0.1) is 19.3 Å². The Kier molecular flexibility index (Phi) is 5.66. The van der Waals surface area contributed by atoms with Gasteiger partial charge in [-0.1, -0.05) is 12.5 Å². The molecule has 1 amide bonds. The van der Waals surface area contributed by atoms with Gasteiger partial charge in [0.2, 0.25) is 5.91 Å². The summed E-state index contributed by atoms with van der Waals surface area (Å²) >= 11 is 0. The van der Waals surface area contributed by atoms with Gasteiger partial charge in [-0.3, -0.25) is 9.69 Å². The van der Waals surface area contributed by atoms with E-state index in [1.165, 1.54) is 0 Å². The van der Waals surface area contributed by atoms with Gasteiger partial charge >= 0.3 is 0 Å². The van der Waals surface area contributed by atoms with E-state index in [9.17, 15) is 4.79 Å². The van der Waals surface area contributed by atoms with Gasteiger partial charge in [0.1, 0.15) is 11.5 Å². The van der Waals surface area contributed by atoms with Crippen molar-refractivity contribution >= 4 is 5.91 Å². The summed E-state index contributed by atoms with van der Waals surface area (Å²) in [5, 5.41) is 0. The molecular weight excluding hydrogens is 280 g/mol. The number of ether oxygens (including phenoxy) is 2. The topological polar surface area (TPSA) is 64.8 Å². The molecule has 1 aliphatic heterocycles. The molecule has 0 aliphatic carbocycles. The third-order valence-electron chi connectivity index (χ3n) is 3.95. The first kappa shape index (κ1) is 16.6. The van der Waals surface area contributed by atoms with Crippen LogP contribution in [0, 0.1) is 0 Å². The quantitative estimate of drug-likeness (QED) is 0.876. The molecule has 1 heterocycles. The van der Waals surface area contributed by atoms with E-state index in [0.717, 1.165) is 42.9 Å². The van der Waals surface area contributed by atoms with Crippen LogP contribution in [0.25, 0.3) is 0 Å². The molecule has 122 valence electrons. The highest BCUT2D eigenvalue weighted by molar-refractivity contribution is 5.79. The summed E-state index contributed by atoms with van der Waals surface area (Å²) in [4.78, 5) is 13.8. The first-order valence-corrected chi connectivity index (χ1v) is 7.88. The highest BCUT2D eigenvalue weighted by atomic mass is 16.5. The van der Waals surface area contributed by atoms with Crippen LogP contribution in [-0.4, -0.2) is 36.6 Å². The minimum absolute atomic E-state index is 0.0825. The highest BCUT2D eigenvalue weighted by Crippen LogP contribution is 2.29. The van der Waals surface area contributed by atoms with Gasteiger partial charge in [-0.05, 0) is 39.3 Å². The van der Waals surface area contributed by atoms with Gasteiger partial charge in [0, 0.05) is 18.2 Å². The van der Waals surface area contributed by atoms with Crippen molar-refractivity contribution in [2.45, 2.75) is 51.8 Å². The summed E-state index contributed by atoms with van der Waals surface area (Å²) in [5.41, 5.74) is 6.60. The third-order valence-corrected chi connectivity index (χ3v) is 3.95. The van der Waals surface area contributed by atoms with Crippen LogP contribution in [0.5, 0.6) is 11.5 Å². The maximum atomic E-state index is 11.6. The Labute approximate surface area is 132 Å². The van der Waals surface area contributed by atoms with Crippen LogP contribution in [-0.2, 0) is 11.3 Å². The lowest BCUT2D eigenvalue weighted by Gasteiger charge is -2.34. The number of likely N-dealkylation sites (tertiary alicyclic amines) is 1. The number of benzene rings is 1. The molecule has 1 aliphatic rings. The van der Waals surface area contributed by atoms with E-state index < -0.39 is 0 Å². The van der Waals surface area contributed by atoms with Gasteiger partial charge < -0.3 is 15.2 Å². The summed E-state index contributed by atoms with van der Waals surface area (Å²) in [6.45, 7) is 5.55. The van der Waals surface area contributed by atoms with Crippen molar-refractivity contribution in [2.24, 2.45) is 5.73 Å². The number of piperidine rings is 1. The smallest absolute Gasteiger partial charge is 0.234 e. The molecule has 22 heavy (non-hydrogen) atoms. The van der Waals surface area contributed by atoms with Crippen molar-refractivity contribution in [1.29, 1.82) is 0 Å². The van der Waals surface area contributed by atoms with Crippen LogP contribution in [0.2, 0.25) is 0 Å². The van der Waals surface area contributed by atoms with E-state index in [4.69, 9.17) is 15.2 Å². The van der Waals surface area contributed by atoms with Crippen molar-refractivity contribution in [3.05, 3.63) is 23.8 Å². The molecule has 0 saturated carbocycles. The van der Waals surface area contributed by atoms with Crippen molar-refractivity contribution in [3.8, 4) is 11.5 Å². The zero-order chi connectivity index (χ0) is 16.1. The second-order valence-corrected chi connectivity index (χ2v) is 6.02. The first-order valence-electron chi connectivity index (χ1n) is 7.88. The summed E-state index contributed by atoms with van der Waals surface area (Å²) in [6.07, 6.45) is 3.08.